The van der Waals surface area contributed by atoms with Crippen molar-refractivity contribution < 1.29 is 42.1 Å². The highest BCUT2D eigenvalue weighted by Gasteiger charge is 2.38. The number of nitrogens with zero attached hydrogens (tertiary/aromatic N) is 2. The van der Waals surface area contributed by atoms with Crippen molar-refractivity contribution in [2.45, 2.75) is 64.0 Å². The van der Waals surface area contributed by atoms with E-state index < -0.39 is 29.9 Å². The molecule has 1 amide bonds. The van der Waals surface area contributed by atoms with E-state index in [-0.39, 0.29) is 37.2 Å². The van der Waals surface area contributed by atoms with Crippen molar-refractivity contribution in [3.63, 3.8) is 0 Å². The lowest BCUT2D eigenvalue weighted by Crippen LogP contribution is -2.49. The van der Waals surface area contributed by atoms with Crippen LogP contribution < -0.4 is 9.47 Å². The van der Waals surface area contributed by atoms with Crippen molar-refractivity contribution >= 4 is 12.1 Å². The molecule has 0 radical (unpaired) electrons. The van der Waals surface area contributed by atoms with E-state index in [9.17, 15) is 22.8 Å². The molecule has 8 nitrogen and oxygen atoms in total. The van der Waals surface area contributed by atoms with Crippen molar-refractivity contribution in [2.24, 2.45) is 0 Å². The zero-order valence-electron chi connectivity index (χ0n) is 22.5. The molecule has 1 N–H and O–H groups in total. The highest BCUT2D eigenvalue weighted by atomic mass is 19.4. The summed E-state index contributed by atoms with van der Waals surface area (Å²) in [5.41, 5.74) is 1.86. The van der Waals surface area contributed by atoms with Gasteiger partial charge in [0, 0.05) is 50.3 Å². The number of piperazine rings is 1. The van der Waals surface area contributed by atoms with Gasteiger partial charge in [0.15, 0.2) is 0 Å². The van der Waals surface area contributed by atoms with Crippen LogP contribution in [0, 0.1) is 0 Å². The number of halogens is 3. The van der Waals surface area contributed by atoms with Crippen molar-refractivity contribution in [1.82, 2.24) is 9.80 Å². The first kappa shape index (κ1) is 28.1. The molecule has 2 atom stereocenters. The second-order valence-electron chi connectivity index (χ2n) is 10.8. The molecule has 1 aliphatic carbocycles. The molecule has 1 unspecified atom stereocenters. The first-order valence-corrected chi connectivity index (χ1v) is 13.5. The van der Waals surface area contributed by atoms with Gasteiger partial charge in [-0.25, -0.2) is 4.79 Å². The minimum absolute atomic E-state index is 0.0232. The molecule has 0 spiro atoms. The molecular formula is C29H33F3N2O6. The predicted molar refractivity (Wildman–Crippen MR) is 139 cm³/mol. The molecule has 0 saturated carbocycles. The van der Waals surface area contributed by atoms with Crippen LogP contribution in [0.3, 0.4) is 0 Å². The lowest BCUT2D eigenvalue weighted by molar-refractivity contribution is -0.139. The Hall–Kier alpha value is -3.47. The number of carboxylic acid groups (broad SMARTS) is 1. The number of rotatable bonds is 7. The summed E-state index contributed by atoms with van der Waals surface area (Å²) in [6, 6.07) is 7.95. The SMILES string of the molecule is CC(C)OC(=O)N1CCN(Cc2c(C(F)(F)F)ccc3c2CC[C@H]3Oc2ccc3c(c2)OCC3CC(=O)O)CC1. The monoisotopic (exact) mass is 562 g/mol. The molecule has 2 aliphatic heterocycles. The largest absolute Gasteiger partial charge is 0.492 e. The Morgan fingerprint density at radius 2 is 1.82 bits per heavy atom. The molecule has 2 aromatic rings. The van der Waals surface area contributed by atoms with Crippen LogP contribution in [0.5, 0.6) is 11.5 Å². The first-order valence-electron chi connectivity index (χ1n) is 13.5. The summed E-state index contributed by atoms with van der Waals surface area (Å²) in [7, 11) is 0. The van der Waals surface area contributed by atoms with Gasteiger partial charge in [0.1, 0.15) is 17.6 Å². The summed E-state index contributed by atoms with van der Waals surface area (Å²) in [4.78, 5) is 26.9. The van der Waals surface area contributed by atoms with Gasteiger partial charge in [-0.2, -0.15) is 13.2 Å². The van der Waals surface area contributed by atoms with Crippen molar-refractivity contribution in [2.75, 3.05) is 32.8 Å². The van der Waals surface area contributed by atoms with Crippen LogP contribution in [0.25, 0.3) is 0 Å². The van der Waals surface area contributed by atoms with Gasteiger partial charge in [0.25, 0.3) is 0 Å². The molecule has 11 heteroatoms. The molecule has 5 rings (SSSR count). The van der Waals surface area contributed by atoms with Gasteiger partial charge >= 0.3 is 18.2 Å². The molecule has 0 bridgehead atoms. The third-order valence-electron chi connectivity index (χ3n) is 7.69. The number of fused-ring (bicyclic) bond motifs is 2. The highest BCUT2D eigenvalue weighted by Crippen LogP contribution is 2.44. The van der Waals surface area contributed by atoms with Gasteiger partial charge in [-0.1, -0.05) is 12.1 Å². The minimum Gasteiger partial charge on any atom is -0.492 e. The number of alkyl halides is 3. The van der Waals surface area contributed by atoms with E-state index in [0.717, 1.165) is 17.2 Å². The Morgan fingerprint density at radius 1 is 1.10 bits per heavy atom. The number of carboxylic acids is 1. The number of hydrogen-bond donors (Lipinski definition) is 1. The van der Waals surface area contributed by atoms with Crippen LogP contribution in [0.2, 0.25) is 0 Å². The third kappa shape index (κ3) is 5.99. The Bertz CT molecular complexity index is 1270. The Morgan fingerprint density at radius 3 is 2.50 bits per heavy atom. The Balaban J connectivity index is 1.32. The standard InChI is InChI=1S/C29H33F3N2O6/c1-17(2)39-28(37)34-11-9-33(10-12-34)15-23-21-6-8-25(22(21)5-7-24(23)29(30,31)32)40-19-3-4-20-18(13-27(35)36)16-38-26(20)14-19/h3-5,7,14,17-18,25H,6,8-13,15-16H2,1-2H3,(H,35,36)/t18?,25-/m1/s1. The number of carbonyl (C=O) groups excluding carboxylic acids is 1. The number of amides is 1. The normalized spacial score (nSPS) is 20.7. The zero-order valence-corrected chi connectivity index (χ0v) is 22.5. The van der Waals surface area contributed by atoms with Crippen LogP contribution in [0.15, 0.2) is 30.3 Å². The lowest BCUT2D eigenvalue weighted by atomic mass is 9.96. The minimum atomic E-state index is -4.49. The van der Waals surface area contributed by atoms with E-state index in [1.165, 1.54) is 6.07 Å². The van der Waals surface area contributed by atoms with Gasteiger partial charge in [-0.05, 0) is 55.5 Å². The number of hydrogen-bond acceptors (Lipinski definition) is 6. The summed E-state index contributed by atoms with van der Waals surface area (Å²) < 4.78 is 59.4. The zero-order chi connectivity index (χ0) is 28.6. The summed E-state index contributed by atoms with van der Waals surface area (Å²) in [5.74, 6) is -0.0152. The first-order chi connectivity index (χ1) is 19.0. The van der Waals surface area contributed by atoms with E-state index in [0.29, 0.717) is 56.1 Å². The summed E-state index contributed by atoms with van der Waals surface area (Å²) in [6.07, 6.45) is -4.56. The molecule has 216 valence electrons. The van der Waals surface area contributed by atoms with E-state index in [1.807, 2.05) is 4.90 Å². The molecular weight excluding hydrogens is 529 g/mol. The summed E-state index contributed by atoms with van der Waals surface area (Å²) in [5, 5.41) is 9.12. The second-order valence-corrected chi connectivity index (χ2v) is 10.8. The summed E-state index contributed by atoms with van der Waals surface area (Å²) in [6.45, 7) is 5.65. The van der Waals surface area contributed by atoms with Gasteiger partial charge in [-0.15, -0.1) is 0 Å². The van der Waals surface area contributed by atoms with Crippen molar-refractivity contribution in [3.8, 4) is 11.5 Å². The van der Waals surface area contributed by atoms with Crippen LogP contribution in [0.4, 0.5) is 18.0 Å². The van der Waals surface area contributed by atoms with Crippen LogP contribution in [-0.2, 0) is 28.7 Å². The second kappa shape index (κ2) is 11.2. The third-order valence-corrected chi connectivity index (χ3v) is 7.69. The summed E-state index contributed by atoms with van der Waals surface area (Å²) >= 11 is 0. The molecule has 1 fully saturated rings. The predicted octanol–water partition coefficient (Wildman–Crippen LogP) is 5.39. The number of carbonyl (C=O) groups is 2. The van der Waals surface area contributed by atoms with Crippen LogP contribution in [0.1, 0.15) is 66.5 Å². The van der Waals surface area contributed by atoms with Crippen LogP contribution >= 0.6 is 0 Å². The fourth-order valence-electron chi connectivity index (χ4n) is 5.77. The fraction of sp³-hybridized carbons (Fsp3) is 0.517. The smallest absolute Gasteiger partial charge is 0.416 e. The fourth-order valence-corrected chi connectivity index (χ4v) is 5.77. The maximum atomic E-state index is 14.1. The van der Waals surface area contributed by atoms with Crippen molar-refractivity contribution in [1.29, 1.82) is 0 Å². The molecule has 40 heavy (non-hydrogen) atoms. The highest BCUT2D eigenvalue weighted by molar-refractivity contribution is 5.69. The van der Waals surface area contributed by atoms with E-state index in [2.05, 4.69) is 0 Å². The molecule has 2 heterocycles. The van der Waals surface area contributed by atoms with E-state index in [4.69, 9.17) is 19.3 Å². The van der Waals surface area contributed by atoms with Gasteiger partial charge < -0.3 is 24.2 Å². The maximum Gasteiger partial charge on any atom is 0.416 e. The average molecular weight is 563 g/mol. The molecule has 0 aromatic heterocycles. The van der Waals surface area contributed by atoms with Gasteiger partial charge in [-0.3, -0.25) is 9.69 Å². The molecule has 1 saturated heterocycles. The number of aliphatic carboxylic acids is 1. The Labute approximate surface area is 230 Å². The Kier molecular flexibility index (Phi) is 7.85. The maximum absolute atomic E-state index is 14.1. The lowest BCUT2D eigenvalue weighted by Gasteiger charge is -2.35. The molecule has 3 aliphatic rings. The van der Waals surface area contributed by atoms with E-state index >= 15 is 0 Å². The number of ether oxygens (including phenoxy) is 3. The van der Waals surface area contributed by atoms with Gasteiger partial charge in [0.2, 0.25) is 0 Å². The topological polar surface area (TPSA) is 88.5 Å². The van der Waals surface area contributed by atoms with Crippen LogP contribution in [-0.4, -0.2) is 65.9 Å². The van der Waals surface area contributed by atoms with Gasteiger partial charge in [0.05, 0.1) is 24.7 Å². The average Bonchev–Trinajstić information content (AvgIpc) is 3.47. The quantitative estimate of drug-likeness (QED) is 0.485. The molecule has 2 aromatic carbocycles. The van der Waals surface area contributed by atoms with E-state index in [1.54, 1.807) is 36.9 Å². The van der Waals surface area contributed by atoms with Crippen molar-refractivity contribution in [3.05, 3.63) is 58.1 Å². The number of benzene rings is 2.